The molecule has 190 valence electrons. The van der Waals surface area contributed by atoms with Gasteiger partial charge in [0, 0.05) is 50.2 Å². The molecule has 1 fully saturated rings. The Kier molecular flexibility index (Phi) is 7.98. The number of aryl methyl sites for hydroxylation is 1. The molecule has 0 N–H and O–H groups in total. The van der Waals surface area contributed by atoms with E-state index in [-0.39, 0.29) is 11.3 Å². The largest absolute Gasteiger partial charge is 0.497 e. The SMILES string of the molecule is CCOc1ccccc1N1CCN(C(=O)c2c(CC)n(Cc3ccc(OC)cc3)c(C)cc2=O)CC1. The number of amides is 1. The standard InChI is InChI=1S/C29H35N3O4/c1-5-24-28(26(33)19-21(3)32(24)20-22-11-13-23(35-4)14-12-22)29(34)31-17-15-30(16-18-31)25-9-7-8-10-27(25)36-6-2/h7-14,19H,5-6,15-18,20H2,1-4H3. The van der Waals surface area contributed by atoms with Crippen molar-refractivity contribution in [2.24, 2.45) is 0 Å². The van der Waals surface area contributed by atoms with Crippen molar-refractivity contribution in [3.63, 3.8) is 0 Å². The number of carbonyl (C=O) groups excluding carboxylic acids is 1. The number of nitrogens with zero attached hydrogens (tertiary/aromatic N) is 3. The predicted molar refractivity (Wildman–Crippen MR) is 143 cm³/mol. The second-order valence-electron chi connectivity index (χ2n) is 8.94. The summed E-state index contributed by atoms with van der Waals surface area (Å²) in [6.45, 7) is 9.55. The molecule has 0 bridgehead atoms. The molecule has 0 atom stereocenters. The third-order valence-electron chi connectivity index (χ3n) is 6.75. The van der Waals surface area contributed by atoms with Crippen LogP contribution in [-0.4, -0.2) is 55.3 Å². The first-order valence-electron chi connectivity index (χ1n) is 12.6. The second kappa shape index (κ2) is 11.3. The number of methoxy groups -OCH3 is 1. The van der Waals surface area contributed by atoms with Crippen LogP contribution < -0.4 is 19.8 Å². The first kappa shape index (κ1) is 25.4. The molecule has 0 radical (unpaired) electrons. The van der Waals surface area contributed by atoms with Crippen molar-refractivity contribution in [2.75, 3.05) is 44.8 Å². The number of hydrogen-bond acceptors (Lipinski definition) is 5. The average Bonchev–Trinajstić information content (AvgIpc) is 2.90. The fourth-order valence-electron chi connectivity index (χ4n) is 4.86. The summed E-state index contributed by atoms with van der Waals surface area (Å²) in [4.78, 5) is 30.8. The molecular weight excluding hydrogens is 454 g/mol. The quantitative estimate of drug-likeness (QED) is 0.476. The van der Waals surface area contributed by atoms with Gasteiger partial charge in [0.05, 0.1) is 19.4 Å². The van der Waals surface area contributed by atoms with Crippen LogP contribution in [0.1, 0.15) is 41.2 Å². The Bertz CT molecular complexity index is 1260. The van der Waals surface area contributed by atoms with Gasteiger partial charge in [-0.2, -0.15) is 0 Å². The highest BCUT2D eigenvalue weighted by Gasteiger charge is 2.28. The number of anilines is 1. The van der Waals surface area contributed by atoms with Crippen LogP contribution in [0.3, 0.4) is 0 Å². The van der Waals surface area contributed by atoms with Crippen LogP contribution in [0.4, 0.5) is 5.69 Å². The van der Waals surface area contributed by atoms with Gasteiger partial charge in [-0.25, -0.2) is 0 Å². The zero-order chi connectivity index (χ0) is 25.7. The van der Waals surface area contributed by atoms with E-state index in [4.69, 9.17) is 9.47 Å². The molecule has 4 rings (SSSR count). The molecule has 0 spiro atoms. The van der Waals surface area contributed by atoms with Crippen LogP contribution in [0, 0.1) is 6.92 Å². The van der Waals surface area contributed by atoms with Crippen molar-refractivity contribution in [3.8, 4) is 11.5 Å². The van der Waals surface area contributed by atoms with Crippen LogP contribution in [-0.2, 0) is 13.0 Å². The number of benzene rings is 2. The van der Waals surface area contributed by atoms with Gasteiger partial charge in [-0.3, -0.25) is 9.59 Å². The first-order valence-corrected chi connectivity index (χ1v) is 12.6. The van der Waals surface area contributed by atoms with E-state index in [9.17, 15) is 9.59 Å². The molecule has 0 saturated carbocycles. The molecule has 1 aliphatic rings. The minimum Gasteiger partial charge on any atom is -0.497 e. The van der Waals surface area contributed by atoms with E-state index < -0.39 is 0 Å². The summed E-state index contributed by atoms with van der Waals surface area (Å²) < 4.78 is 13.1. The number of para-hydroxylation sites is 2. The van der Waals surface area contributed by atoms with Crippen molar-refractivity contribution in [1.29, 1.82) is 0 Å². The Balaban J connectivity index is 1.56. The van der Waals surface area contributed by atoms with Crippen LogP contribution >= 0.6 is 0 Å². The number of carbonyl (C=O) groups is 1. The molecule has 1 aromatic heterocycles. The molecule has 7 nitrogen and oxygen atoms in total. The zero-order valence-electron chi connectivity index (χ0n) is 21.6. The molecule has 1 amide bonds. The summed E-state index contributed by atoms with van der Waals surface area (Å²) in [5.74, 6) is 1.47. The second-order valence-corrected chi connectivity index (χ2v) is 8.94. The smallest absolute Gasteiger partial charge is 0.259 e. The van der Waals surface area contributed by atoms with E-state index in [0.29, 0.717) is 51.3 Å². The van der Waals surface area contributed by atoms with Gasteiger partial charge in [-0.05, 0) is 50.1 Å². The van der Waals surface area contributed by atoms with Gasteiger partial charge >= 0.3 is 0 Å². The van der Waals surface area contributed by atoms with E-state index in [0.717, 1.165) is 34.1 Å². The van der Waals surface area contributed by atoms with Crippen molar-refractivity contribution in [1.82, 2.24) is 9.47 Å². The third-order valence-corrected chi connectivity index (χ3v) is 6.75. The molecule has 2 aromatic carbocycles. The van der Waals surface area contributed by atoms with Gasteiger partial charge in [0.1, 0.15) is 17.1 Å². The summed E-state index contributed by atoms with van der Waals surface area (Å²) in [7, 11) is 1.64. The Morgan fingerprint density at radius 2 is 1.67 bits per heavy atom. The van der Waals surface area contributed by atoms with Gasteiger partial charge in [-0.1, -0.05) is 31.2 Å². The van der Waals surface area contributed by atoms with E-state index in [2.05, 4.69) is 15.5 Å². The molecular formula is C29H35N3O4. The molecule has 0 unspecified atom stereocenters. The van der Waals surface area contributed by atoms with Crippen LogP contribution in [0.15, 0.2) is 59.4 Å². The fourth-order valence-corrected chi connectivity index (χ4v) is 4.86. The number of aromatic nitrogens is 1. The summed E-state index contributed by atoms with van der Waals surface area (Å²) in [5, 5.41) is 0. The minimum atomic E-state index is -0.204. The van der Waals surface area contributed by atoms with Gasteiger partial charge < -0.3 is 23.8 Å². The zero-order valence-corrected chi connectivity index (χ0v) is 21.6. The van der Waals surface area contributed by atoms with E-state index in [1.807, 2.05) is 68.1 Å². The Morgan fingerprint density at radius 1 is 0.972 bits per heavy atom. The van der Waals surface area contributed by atoms with Gasteiger partial charge in [0.15, 0.2) is 5.43 Å². The van der Waals surface area contributed by atoms with Crippen molar-refractivity contribution < 1.29 is 14.3 Å². The molecule has 7 heteroatoms. The molecule has 0 aliphatic carbocycles. The highest BCUT2D eigenvalue weighted by Crippen LogP contribution is 2.29. The summed E-state index contributed by atoms with van der Waals surface area (Å²) in [6, 6.07) is 17.5. The lowest BCUT2D eigenvalue weighted by Gasteiger charge is -2.37. The summed E-state index contributed by atoms with van der Waals surface area (Å²) >= 11 is 0. The topological polar surface area (TPSA) is 64.0 Å². The number of hydrogen-bond donors (Lipinski definition) is 0. The lowest BCUT2D eigenvalue weighted by Crippen LogP contribution is -2.50. The number of pyridine rings is 1. The fraction of sp³-hybridized carbons (Fsp3) is 0.379. The van der Waals surface area contributed by atoms with Crippen molar-refractivity contribution in [3.05, 3.63) is 87.3 Å². The highest BCUT2D eigenvalue weighted by atomic mass is 16.5. The maximum atomic E-state index is 13.7. The molecule has 1 aliphatic heterocycles. The lowest BCUT2D eigenvalue weighted by atomic mass is 10.1. The van der Waals surface area contributed by atoms with Crippen molar-refractivity contribution >= 4 is 11.6 Å². The Morgan fingerprint density at radius 3 is 2.31 bits per heavy atom. The maximum absolute atomic E-state index is 13.7. The summed E-state index contributed by atoms with van der Waals surface area (Å²) in [6.07, 6.45) is 0.593. The molecule has 2 heterocycles. The number of piperazine rings is 1. The highest BCUT2D eigenvalue weighted by molar-refractivity contribution is 5.95. The first-order chi connectivity index (χ1) is 17.5. The van der Waals surface area contributed by atoms with E-state index in [1.165, 1.54) is 0 Å². The molecule has 1 saturated heterocycles. The average molecular weight is 490 g/mol. The van der Waals surface area contributed by atoms with Crippen LogP contribution in [0.5, 0.6) is 11.5 Å². The monoisotopic (exact) mass is 489 g/mol. The number of rotatable bonds is 8. The predicted octanol–water partition coefficient (Wildman–Crippen LogP) is 4.14. The van der Waals surface area contributed by atoms with Gasteiger partial charge in [0.25, 0.3) is 5.91 Å². The van der Waals surface area contributed by atoms with Crippen molar-refractivity contribution in [2.45, 2.75) is 33.7 Å². The number of ether oxygens (including phenoxy) is 2. The lowest BCUT2D eigenvalue weighted by molar-refractivity contribution is 0.0743. The van der Waals surface area contributed by atoms with Gasteiger partial charge in [0.2, 0.25) is 0 Å². The van der Waals surface area contributed by atoms with E-state index >= 15 is 0 Å². The molecule has 3 aromatic rings. The Labute approximate surface area is 212 Å². The maximum Gasteiger partial charge on any atom is 0.259 e. The Hall–Kier alpha value is -3.74. The third kappa shape index (κ3) is 5.25. The van der Waals surface area contributed by atoms with Crippen LogP contribution in [0.2, 0.25) is 0 Å². The minimum absolute atomic E-state index is 0.182. The molecule has 36 heavy (non-hydrogen) atoms. The van der Waals surface area contributed by atoms with Gasteiger partial charge in [-0.15, -0.1) is 0 Å². The summed E-state index contributed by atoms with van der Waals surface area (Å²) in [5.41, 5.74) is 3.84. The normalized spacial score (nSPS) is 13.6. The van der Waals surface area contributed by atoms with E-state index in [1.54, 1.807) is 13.2 Å². The van der Waals surface area contributed by atoms with Crippen LogP contribution in [0.25, 0.3) is 0 Å².